The zero-order chi connectivity index (χ0) is 13.1. The van der Waals surface area contributed by atoms with Crippen molar-refractivity contribution in [2.24, 2.45) is 0 Å². The zero-order valence-corrected chi connectivity index (χ0v) is 10.2. The van der Waals surface area contributed by atoms with Gasteiger partial charge in [0.2, 0.25) is 0 Å². The van der Waals surface area contributed by atoms with Crippen LogP contribution >= 0.6 is 0 Å². The molecule has 0 fully saturated rings. The van der Waals surface area contributed by atoms with Crippen LogP contribution in [0.3, 0.4) is 0 Å². The Balaban J connectivity index is 2.23. The standard InChI is InChI=1S/C14H13NO3/c1-9-3-4-10(2)12(7-9)15-14(17)11-5-6-13(16)18-8-11/h3-8H,1-2H3,(H,15,17). The van der Waals surface area contributed by atoms with Gasteiger partial charge >= 0.3 is 5.63 Å². The monoisotopic (exact) mass is 243 g/mol. The molecule has 0 bridgehead atoms. The maximum absolute atomic E-state index is 11.9. The van der Waals surface area contributed by atoms with Crippen molar-refractivity contribution in [2.75, 3.05) is 5.32 Å². The van der Waals surface area contributed by atoms with Crippen LogP contribution in [0.1, 0.15) is 21.5 Å². The van der Waals surface area contributed by atoms with Crippen molar-refractivity contribution < 1.29 is 9.21 Å². The highest BCUT2D eigenvalue weighted by atomic mass is 16.4. The van der Waals surface area contributed by atoms with Gasteiger partial charge in [0.15, 0.2) is 0 Å². The third kappa shape index (κ3) is 2.66. The molecule has 0 aliphatic heterocycles. The van der Waals surface area contributed by atoms with Crippen LogP contribution in [0.15, 0.2) is 45.8 Å². The Labute approximate surface area is 104 Å². The lowest BCUT2D eigenvalue weighted by molar-refractivity contribution is 0.102. The van der Waals surface area contributed by atoms with Gasteiger partial charge in [-0.05, 0) is 37.1 Å². The molecule has 0 aliphatic carbocycles. The molecule has 92 valence electrons. The molecule has 4 heteroatoms. The van der Waals surface area contributed by atoms with Crippen LogP contribution < -0.4 is 10.9 Å². The minimum Gasteiger partial charge on any atom is -0.430 e. The number of anilines is 1. The van der Waals surface area contributed by atoms with Gasteiger partial charge in [-0.2, -0.15) is 0 Å². The molecule has 2 rings (SSSR count). The Morgan fingerprint density at radius 2 is 1.94 bits per heavy atom. The lowest BCUT2D eigenvalue weighted by Gasteiger charge is -2.08. The highest BCUT2D eigenvalue weighted by Gasteiger charge is 2.08. The minimum absolute atomic E-state index is 0.299. The maximum atomic E-state index is 11.9. The molecule has 4 nitrogen and oxygen atoms in total. The fourth-order valence-electron chi connectivity index (χ4n) is 1.55. The average Bonchev–Trinajstić information content (AvgIpc) is 2.34. The van der Waals surface area contributed by atoms with E-state index in [-0.39, 0.29) is 5.91 Å². The predicted molar refractivity (Wildman–Crippen MR) is 68.8 cm³/mol. The summed E-state index contributed by atoms with van der Waals surface area (Å²) in [5, 5.41) is 2.79. The molecule has 0 saturated carbocycles. The zero-order valence-electron chi connectivity index (χ0n) is 10.2. The molecule has 1 aromatic carbocycles. The van der Waals surface area contributed by atoms with Gasteiger partial charge in [-0.15, -0.1) is 0 Å². The number of rotatable bonds is 2. The Morgan fingerprint density at radius 1 is 1.17 bits per heavy atom. The van der Waals surface area contributed by atoms with E-state index in [9.17, 15) is 9.59 Å². The summed E-state index contributed by atoms with van der Waals surface area (Å²) >= 11 is 0. The van der Waals surface area contributed by atoms with Gasteiger partial charge in [0.25, 0.3) is 5.91 Å². The van der Waals surface area contributed by atoms with E-state index < -0.39 is 5.63 Å². The van der Waals surface area contributed by atoms with E-state index in [1.807, 2.05) is 32.0 Å². The number of hydrogen-bond donors (Lipinski definition) is 1. The third-order valence-electron chi connectivity index (χ3n) is 2.60. The quantitative estimate of drug-likeness (QED) is 0.881. The van der Waals surface area contributed by atoms with E-state index in [1.54, 1.807) is 0 Å². The first-order chi connectivity index (χ1) is 8.56. The summed E-state index contributed by atoms with van der Waals surface area (Å²) in [5.41, 5.74) is 2.64. The summed E-state index contributed by atoms with van der Waals surface area (Å²) < 4.78 is 4.65. The first kappa shape index (κ1) is 12.1. The van der Waals surface area contributed by atoms with Crippen molar-refractivity contribution in [1.29, 1.82) is 0 Å². The molecule has 1 amide bonds. The number of benzene rings is 1. The number of hydrogen-bond acceptors (Lipinski definition) is 3. The second-order valence-electron chi connectivity index (χ2n) is 4.12. The number of nitrogens with one attached hydrogen (secondary N) is 1. The van der Waals surface area contributed by atoms with Gasteiger partial charge in [-0.1, -0.05) is 12.1 Å². The van der Waals surface area contributed by atoms with Crippen molar-refractivity contribution in [3.63, 3.8) is 0 Å². The van der Waals surface area contributed by atoms with Crippen molar-refractivity contribution in [3.05, 3.63) is 63.7 Å². The Hall–Kier alpha value is -2.36. The van der Waals surface area contributed by atoms with Crippen molar-refractivity contribution in [2.45, 2.75) is 13.8 Å². The maximum Gasteiger partial charge on any atom is 0.335 e. The summed E-state index contributed by atoms with van der Waals surface area (Å²) in [5.74, 6) is -0.299. The largest absolute Gasteiger partial charge is 0.430 e. The molecule has 2 aromatic rings. The molecule has 0 aliphatic rings. The average molecular weight is 243 g/mol. The fraction of sp³-hybridized carbons (Fsp3) is 0.143. The molecule has 0 spiro atoms. The van der Waals surface area contributed by atoms with Crippen LogP contribution in [0.2, 0.25) is 0 Å². The van der Waals surface area contributed by atoms with E-state index in [4.69, 9.17) is 0 Å². The summed E-state index contributed by atoms with van der Waals surface area (Å²) in [7, 11) is 0. The fourth-order valence-corrected chi connectivity index (χ4v) is 1.55. The first-order valence-corrected chi connectivity index (χ1v) is 5.54. The van der Waals surface area contributed by atoms with Gasteiger partial charge in [0.05, 0.1) is 5.56 Å². The Bertz CT molecular complexity index is 623. The van der Waals surface area contributed by atoms with Crippen LogP contribution in [0.5, 0.6) is 0 Å². The van der Waals surface area contributed by atoms with Crippen molar-refractivity contribution >= 4 is 11.6 Å². The van der Waals surface area contributed by atoms with Crippen LogP contribution in [-0.2, 0) is 0 Å². The highest BCUT2D eigenvalue weighted by Crippen LogP contribution is 2.17. The minimum atomic E-state index is -0.474. The van der Waals surface area contributed by atoms with E-state index in [0.29, 0.717) is 5.56 Å². The van der Waals surface area contributed by atoms with E-state index in [1.165, 1.54) is 12.1 Å². The molecular formula is C14H13NO3. The van der Waals surface area contributed by atoms with Crippen molar-refractivity contribution in [3.8, 4) is 0 Å². The molecule has 0 atom stereocenters. The van der Waals surface area contributed by atoms with Gasteiger partial charge < -0.3 is 9.73 Å². The summed E-state index contributed by atoms with van der Waals surface area (Å²) in [4.78, 5) is 22.7. The van der Waals surface area contributed by atoms with Gasteiger partial charge in [-0.3, -0.25) is 4.79 Å². The van der Waals surface area contributed by atoms with Gasteiger partial charge in [0, 0.05) is 11.8 Å². The Morgan fingerprint density at radius 3 is 2.61 bits per heavy atom. The van der Waals surface area contributed by atoms with E-state index in [2.05, 4.69) is 9.73 Å². The topological polar surface area (TPSA) is 59.3 Å². The normalized spacial score (nSPS) is 10.1. The summed E-state index contributed by atoms with van der Waals surface area (Å²) in [6.45, 7) is 3.87. The molecule has 1 N–H and O–H groups in total. The van der Waals surface area contributed by atoms with Gasteiger partial charge in [0.1, 0.15) is 6.26 Å². The molecular weight excluding hydrogens is 230 g/mol. The van der Waals surface area contributed by atoms with Crippen LogP contribution in [0.25, 0.3) is 0 Å². The third-order valence-corrected chi connectivity index (χ3v) is 2.60. The number of aryl methyl sites for hydroxylation is 2. The highest BCUT2D eigenvalue weighted by molar-refractivity contribution is 6.04. The molecule has 0 radical (unpaired) electrons. The molecule has 0 saturated heterocycles. The predicted octanol–water partition coefficient (Wildman–Crippen LogP) is 2.51. The number of carbonyl (C=O) groups is 1. The molecule has 1 heterocycles. The van der Waals surface area contributed by atoms with Crippen molar-refractivity contribution in [1.82, 2.24) is 0 Å². The van der Waals surface area contributed by atoms with E-state index >= 15 is 0 Å². The smallest absolute Gasteiger partial charge is 0.335 e. The lowest BCUT2D eigenvalue weighted by atomic mass is 10.1. The lowest BCUT2D eigenvalue weighted by Crippen LogP contribution is -2.13. The van der Waals surface area contributed by atoms with E-state index in [0.717, 1.165) is 23.1 Å². The van der Waals surface area contributed by atoms with Crippen LogP contribution in [0.4, 0.5) is 5.69 Å². The number of amides is 1. The molecule has 0 unspecified atom stereocenters. The first-order valence-electron chi connectivity index (χ1n) is 5.54. The van der Waals surface area contributed by atoms with Crippen LogP contribution in [-0.4, -0.2) is 5.91 Å². The second-order valence-corrected chi connectivity index (χ2v) is 4.12. The van der Waals surface area contributed by atoms with Crippen LogP contribution in [0, 0.1) is 13.8 Å². The van der Waals surface area contributed by atoms with Gasteiger partial charge in [-0.25, -0.2) is 4.79 Å². The second kappa shape index (κ2) is 4.87. The summed E-state index contributed by atoms with van der Waals surface area (Å²) in [6, 6.07) is 8.47. The SMILES string of the molecule is Cc1ccc(C)c(NC(=O)c2ccc(=O)oc2)c1. The molecule has 18 heavy (non-hydrogen) atoms. The number of carbonyl (C=O) groups excluding carboxylic acids is 1. The Kier molecular flexibility index (Phi) is 3.28. The summed E-state index contributed by atoms with van der Waals surface area (Å²) in [6.07, 6.45) is 1.16. The molecule has 1 aromatic heterocycles.